The first kappa shape index (κ1) is 14.5. The van der Waals surface area contributed by atoms with E-state index in [-0.39, 0.29) is 5.60 Å². The summed E-state index contributed by atoms with van der Waals surface area (Å²) in [4.78, 5) is 8.26. The van der Waals surface area contributed by atoms with Crippen LogP contribution in [0.5, 0.6) is 0 Å². The molecule has 0 radical (unpaired) electrons. The van der Waals surface area contributed by atoms with Gasteiger partial charge >= 0.3 is 0 Å². The Balaban J connectivity index is 1.38. The Bertz CT molecular complexity index is 825. The Hall–Kier alpha value is -1.89. The van der Waals surface area contributed by atoms with Gasteiger partial charge in [-0.05, 0) is 30.0 Å². The van der Waals surface area contributed by atoms with Gasteiger partial charge in [-0.1, -0.05) is 6.07 Å². The van der Waals surface area contributed by atoms with Crippen molar-refractivity contribution in [1.29, 1.82) is 0 Å². The van der Waals surface area contributed by atoms with Crippen LogP contribution in [-0.4, -0.2) is 33.1 Å². The minimum absolute atomic E-state index is 0.105. The molecular formula is C18H19N3O2S. The minimum atomic E-state index is -0.105. The van der Waals surface area contributed by atoms with Gasteiger partial charge in [-0.15, -0.1) is 11.3 Å². The van der Waals surface area contributed by atoms with Crippen molar-refractivity contribution in [1.82, 2.24) is 14.5 Å². The van der Waals surface area contributed by atoms with Gasteiger partial charge in [-0.25, -0.2) is 4.98 Å². The number of aromatic nitrogens is 2. The quantitative estimate of drug-likeness (QED) is 0.732. The van der Waals surface area contributed by atoms with E-state index in [1.165, 1.54) is 10.6 Å². The molecule has 0 saturated carbocycles. The van der Waals surface area contributed by atoms with Crippen LogP contribution in [0.4, 0.5) is 0 Å². The van der Waals surface area contributed by atoms with E-state index in [0.29, 0.717) is 6.61 Å². The second-order valence-electron chi connectivity index (χ2n) is 6.63. The molecule has 6 heteroatoms. The van der Waals surface area contributed by atoms with Gasteiger partial charge in [0.2, 0.25) is 0 Å². The van der Waals surface area contributed by atoms with Crippen molar-refractivity contribution in [3.05, 3.63) is 53.7 Å². The first-order chi connectivity index (χ1) is 11.8. The van der Waals surface area contributed by atoms with Gasteiger partial charge in [0, 0.05) is 13.1 Å². The lowest BCUT2D eigenvalue weighted by Gasteiger charge is -2.35. The van der Waals surface area contributed by atoms with E-state index in [0.717, 1.165) is 44.2 Å². The fourth-order valence-electron chi connectivity index (χ4n) is 3.81. The number of fused-ring (bicyclic) bond motifs is 1. The average Bonchev–Trinajstić information content (AvgIpc) is 3.35. The summed E-state index contributed by atoms with van der Waals surface area (Å²) in [5.74, 6) is 2.05. The molecule has 0 N–H and O–H groups in total. The summed E-state index contributed by atoms with van der Waals surface area (Å²) in [5.41, 5.74) is 1.11. The summed E-state index contributed by atoms with van der Waals surface area (Å²) in [6.07, 6.45) is 4.78. The number of furan rings is 1. The lowest BCUT2D eigenvalue weighted by atomic mass is 10.0. The SMILES string of the molecule is c1coc(CN2CC[C@]3(C2)Cn2c(-c4cccs4)cnc2CO3)c1. The fraction of sp³-hybridized carbons (Fsp3) is 0.389. The van der Waals surface area contributed by atoms with Gasteiger partial charge < -0.3 is 13.7 Å². The Kier molecular flexibility index (Phi) is 3.36. The molecule has 0 aliphatic carbocycles. The van der Waals surface area contributed by atoms with Crippen LogP contribution in [-0.2, 0) is 24.4 Å². The van der Waals surface area contributed by atoms with Gasteiger partial charge in [-0.2, -0.15) is 0 Å². The first-order valence-electron chi connectivity index (χ1n) is 8.28. The molecule has 1 saturated heterocycles. The molecule has 0 unspecified atom stereocenters. The molecule has 2 aliphatic heterocycles. The number of ether oxygens (including phenoxy) is 1. The number of imidazole rings is 1. The lowest BCUT2D eigenvalue weighted by molar-refractivity contribution is -0.0823. The van der Waals surface area contributed by atoms with Gasteiger partial charge in [0.05, 0.1) is 36.1 Å². The third kappa shape index (κ3) is 2.42. The monoisotopic (exact) mass is 341 g/mol. The normalized spacial score (nSPS) is 23.8. The summed E-state index contributed by atoms with van der Waals surface area (Å²) in [7, 11) is 0. The summed E-state index contributed by atoms with van der Waals surface area (Å²) >= 11 is 1.76. The summed E-state index contributed by atoms with van der Waals surface area (Å²) in [6, 6.07) is 8.24. The molecule has 3 aromatic rings. The van der Waals surface area contributed by atoms with Crippen LogP contribution in [0.15, 0.2) is 46.5 Å². The Morgan fingerprint density at radius 1 is 1.25 bits per heavy atom. The van der Waals surface area contributed by atoms with Gasteiger partial charge in [0.15, 0.2) is 0 Å². The van der Waals surface area contributed by atoms with Crippen molar-refractivity contribution in [2.45, 2.75) is 31.7 Å². The van der Waals surface area contributed by atoms with Gasteiger partial charge in [0.1, 0.15) is 23.8 Å². The molecule has 124 valence electrons. The first-order valence-corrected chi connectivity index (χ1v) is 9.16. The van der Waals surface area contributed by atoms with Crippen LogP contribution in [0.25, 0.3) is 10.6 Å². The van der Waals surface area contributed by atoms with E-state index in [1.54, 1.807) is 17.6 Å². The highest BCUT2D eigenvalue weighted by Crippen LogP contribution is 2.36. The van der Waals surface area contributed by atoms with Crippen LogP contribution in [0.1, 0.15) is 18.0 Å². The maximum absolute atomic E-state index is 6.28. The van der Waals surface area contributed by atoms with Crippen molar-refractivity contribution < 1.29 is 9.15 Å². The standard InChI is InChI=1S/C18H19N3O2S/c1-3-14(22-7-1)10-20-6-5-18(12-20)13-21-15(16-4-2-8-24-16)9-19-17(21)11-23-18/h1-4,7-9H,5-6,10-13H2/t18-/m0/s1. The van der Waals surface area contributed by atoms with E-state index < -0.39 is 0 Å². The van der Waals surface area contributed by atoms with Gasteiger partial charge in [-0.3, -0.25) is 4.90 Å². The van der Waals surface area contributed by atoms with Crippen molar-refractivity contribution in [3.63, 3.8) is 0 Å². The van der Waals surface area contributed by atoms with Crippen LogP contribution in [0, 0.1) is 0 Å². The van der Waals surface area contributed by atoms with Crippen LogP contribution in [0.3, 0.4) is 0 Å². The van der Waals surface area contributed by atoms with Crippen LogP contribution in [0.2, 0.25) is 0 Å². The molecule has 5 rings (SSSR count). The number of thiophene rings is 1. The molecule has 0 amide bonds. The molecular weight excluding hydrogens is 322 g/mol. The van der Waals surface area contributed by atoms with E-state index in [9.17, 15) is 0 Å². The second kappa shape index (κ2) is 5.58. The minimum Gasteiger partial charge on any atom is -0.468 e. The third-order valence-corrected chi connectivity index (χ3v) is 5.91. The van der Waals surface area contributed by atoms with Gasteiger partial charge in [0.25, 0.3) is 0 Å². The molecule has 24 heavy (non-hydrogen) atoms. The molecule has 0 bridgehead atoms. The van der Waals surface area contributed by atoms with Crippen molar-refractivity contribution in [2.75, 3.05) is 13.1 Å². The third-order valence-electron chi connectivity index (χ3n) is 5.02. The van der Waals surface area contributed by atoms with Crippen LogP contribution >= 0.6 is 11.3 Å². The predicted molar refractivity (Wildman–Crippen MR) is 91.7 cm³/mol. The number of hydrogen-bond acceptors (Lipinski definition) is 5. The zero-order valence-electron chi connectivity index (χ0n) is 13.4. The molecule has 1 fully saturated rings. The maximum Gasteiger partial charge on any atom is 0.135 e. The number of rotatable bonds is 3. The average molecular weight is 341 g/mol. The summed E-state index contributed by atoms with van der Waals surface area (Å²) < 4.78 is 14.1. The highest BCUT2D eigenvalue weighted by Gasteiger charge is 2.43. The fourth-order valence-corrected chi connectivity index (χ4v) is 4.55. The molecule has 1 atom stereocenters. The summed E-state index contributed by atoms with van der Waals surface area (Å²) in [5, 5.41) is 2.12. The topological polar surface area (TPSA) is 43.4 Å². The smallest absolute Gasteiger partial charge is 0.135 e. The molecule has 0 aromatic carbocycles. The number of hydrogen-bond donors (Lipinski definition) is 0. The maximum atomic E-state index is 6.28. The van der Waals surface area contributed by atoms with Crippen LogP contribution < -0.4 is 0 Å². The van der Waals surface area contributed by atoms with E-state index >= 15 is 0 Å². The predicted octanol–water partition coefficient (Wildman–Crippen LogP) is 3.38. The highest BCUT2D eigenvalue weighted by molar-refractivity contribution is 7.13. The number of nitrogens with zero attached hydrogens (tertiary/aromatic N) is 3. The zero-order valence-corrected chi connectivity index (χ0v) is 14.2. The Morgan fingerprint density at radius 3 is 3.08 bits per heavy atom. The lowest BCUT2D eigenvalue weighted by Crippen LogP contribution is -2.44. The molecule has 1 spiro atoms. The second-order valence-corrected chi connectivity index (χ2v) is 7.58. The van der Waals surface area contributed by atoms with E-state index in [1.807, 2.05) is 18.3 Å². The zero-order chi connectivity index (χ0) is 16.0. The Morgan fingerprint density at radius 2 is 2.25 bits per heavy atom. The van der Waals surface area contributed by atoms with Crippen molar-refractivity contribution in [2.24, 2.45) is 0 Å². The highest BCUT2D eigenvalue weighted by atomic mass is 32.1. The molecule has 3 aromatic heterocycles. The summed E-state index contributed by atoms with van der Waals surface area (Å²) in [6.45, 7) is 4.31. The molecule has 2 aliphatic rings. The molecule has 5 nitrogen and oxygen atoms in total. The Labute approximate surface area is 144 Å². The largest absolute Gasteiger partial charge is 0.468 e. The van der Waals surface area contributed by atoms with E-state index in [4.69, 9.17) is 9.15 Å². The molecule has 5 heterocycles. The van der Waals surface area contributed by atoms with Crippen molar-refractivity contribution >= 4 is 11.3 Å². The number of likely N-dealkylation sites (tertiary alicyclic amines) is 1. The van der Waals surface area contributed by atoms with Crippen molar-refractivity contribution in [3.8, 4) is 10.6 Å². The van der Waals surface area contributed by atoms with E-state index in [2.05, 4.69) is 32.0 Å².